The molecule has 0 aliphatic rings. The molecule has 0 saturated heterocycles. The first-order chi connectivity index (χ1) is 10.2. The maximum absolute atomic E-state index is 8.83. The molecule has 0 radical (unpaired) electrons. The van der Waals surface area contributed by atoms with E-state index in [1.807, 2.05) is 6.07 Å². The van der Waals surface area contributed by atoms with Crippen LogP contribution >= 0.6 is 11.6 Å². The molecule has 0 amide bonds. The number of benzene rings is 1. The first-order valence-corrected chi connectivity index (χ1v) is 6.55. The molecule has 2 N–H and O–H groups in total. The highest BCUT2D eigenvalue weighted by molar-refractivity contribution is 6.33. The maximum Gasteiger partial charge on any atom is 0.158 e. The fourth-order valence-corrected chi connectivity index (χ4v) is 1.93. The van der Waals surface area contributed by atoms with Crippen molar-refractivity contribution >= 4 is 28.9 Å². The van der Waals surface area contributed by atoms with Gasteiger partial charge in [0.05, 0.1) is 22.3 Å². The van der Waals surface area contributed by atoms with Crippen molar-refractivity contribution in [3.05, 3.63) is 40.7 Å². The average molecular weight is 304 g/mol. The highest BCUT2D eigenvalue weighted by Gasteiger charge is 2.07. The lowest BCUT2D eigenvalue weighted by Crippen LogP contribution is -2.05. The van der Waals surface area contributed by atoms with Crippen molar-refractivity contribution in [2.75, 3.05) is 24.8 Å². The molecule has 0 saturated carbocycles. The Labute approximate surface area is 127 Å². The SMILES string of the molecule is CNc1cc(Nc2ccc(C#N)cc2Cl)nc(COC)n1. The van der Waals surface area contributed by atoms with E-state index >= 15 is 0 Å². The molecule has 0 atom stereocenters. The Kier molecular flexibility index (Phi) is 4.93. The van der Waals surface area contributed by atoms with Gasteiger partial charge in [-0.3, -0.25) is 0 Å². The molecule has 21 heavy (non-hydrogen) atoms. The topological polar surface area (TPSA) is 82.9 Å². The number of rotatable bonds is 5. The fourth-order valence-electron chi connectivity index (χ4n) is 1.71. The number of ether oxygens (including phenoxy) is 1. The van der Waals surface area contributed by atoms with Gasteiger partial charge in [-0.2, -0.15) is 5.26 Å². The van der Waals surface area contributed by atoms with Gasteiger partial charge in [-0.1, -0.05) is 11.6 Å². The van der Waals surface area contributed by atoms with Crippen LogP contribution in [-0.2, 0) is 11.3 Å². The van der Waals surface area contributed by atoms with Gasteiger partial charge in [-0.25, -0.2) is 9.97 Å². The Balaban J connectivity index is 2.30. The van der Waals surface area contributed by atoms with E-state index < -0.39 is 0 Å². The zero-order chi connectivity index (χ0) is 15.2. The summed E-state index contributed by atoms with van der Waals surface area (Å²) in [6.07, 6.45) is 0. The molecular formula is C14H14ClN5O. The van der Waals surface area contributed by atoms with E-state index in [9.17, 15) is 0 Å². The van der Waals surface area contributed by atoms with Gasteiger partial charge < -0.3 is 15.4 Å². The summed E-state index contributed by atoms with van der Waals surface area (Å²) >= 11 is 6.14. The Morgan fingerprint density at radius 2 is 2.05 bits per heavy atom. The molecule has 1 aromatic heterocycles. The molecule has 7 heteroatoms. The number of nitrogens with zero attached hydrogens (tertiary/aromatic N) is 3. The molecule has 2 aromatic rings. The highest BCUT2D eigenvalue weighted by atomic mass is 35.5. The minimum atomic E-state index is 0.311. The second kappa shape index (κ2) is 6.88. The van der Waals surface area contributed by atoms with Crippen molar-refractivity contribution in [3.8, 4) is 6.07 Å². The van der Waals surface area contributed by atoms with Crippen molar-refractivity contribution in [2.45, 2.75) is 6.61 Å². The number of nitrogens with one attached hydrogen (secondary N) is 2. The predicted octanol–water partition coefficient (Wildman–Crippen LogP) is 2.93. The average Bonchev–Trinajstić information content (AvgIpc) is 2.49. The largest absolute Gasteiger partial charge is 0.377 e. The van der Waals surface area contributed by atoms with E-state index in [1.54, 1.807) is 38.4 Å². The summed E-state index contributed by atoms with van der Waals surface area (Å²) in [7, 11) is 3.36. The second-order valence-electron chi connectivity index (χ2n) is 4.17. The molecule has 0 spiro atoms. The van der Waals surface area contributed by atoms with Crippen LogP contribution in [0.4, 0.5) is 17.3 Å². The maximum atomic E-state index is 8.83. The molecule has 2 rings (SSSR count). The third kappa shape index (κ3) is 3.81. The molecule has 0 bridgehead atoms. The number of hydrogen-bond acceptors (Lipinski definition) is 6. The summed E-state index contributed by atoms with van der Waals surface area (Å²) in [4.78, 5) is 8.61. The number of anilines is 3. The summed E-state index contributed by atoms with van der Waals surface area (Å²) in [5, 5.41) is 15.4. The van der Waals surface area contributed by atoms with Crippen LogP contribution in [0.3, 0.4) is 0 Å². The number of hydrogen-bond donors (Lipinski definition) is 2. The van der Waals surface area contributed by atoms with Crippen molar-refractivity contribution in [1.82, 2.24) is 9.97 Å². The predicted molar refractivity (Wildman–Crippen MR) is 81.7 cm³/mol. The van der Waals surface area contributed by atoms with Gasteiger partial charge >= 0.3 is 0 Å². The fraction of sp³-hybridized carbons (Fsp3) is 0.214. The molecule has 108 valence electrons. The van der Waals surface area contributed by atoms with Gasteiger partial charge in [0.15, 0.2) is 5.82 Å². The number of halogens is 1. The van der Waals surface area contributed by atoms with Crippen molar-refractivity contribution in [2.24, 2.45) is 0 Å². The van der Waals surface area contributed by atoms with E-state index in [0.717, 1.165) is 0 Å². The summed E-state index contributed by atoms with van der Waals surface area (Å²) in [5.74, 6) is 1.81. The minimum absolute atomic E-state index is 0.311. The van der Waals surface area contributed by atoms with Crippen LogP contribution in [-0.4, -0.2) is 24.1 Å². The van der Waals surface area contributed by atoms with Crippen molar-refractivity contribution in [3.63, 3.8) is 0 Å². The molecule has 6 nitrogen and oxygen atoms in total. The highest BCUT2D eigenvalue weighted by Crippen LogP contribution is 2.26. The quantitative estimate of drug-likeness (QED) is 0.883. The summed E-state index contributed by atoms with van der Waals surface area (Å²) in [6.45, 7) is 0.311. The lowest BCUT2D eigenvalue weighted by Gasteiger charge is -2.11. The molecule has 0 aliphatic carbocycles. The van der Waals surface area contributed by atoms with E-state index in [2.05, 4.69) is 20.6 Å². The molecular weight excluding hydrogens is 290 g/mol. The van der Waals surface area contributed by atoms with Gasteiger partial charge in [-0.05, 0) is 18.2 Å². The normalized spacial score (nSPS) is 10.0. The first-order valence-electron chi connectivity index (χ1n) is 6.17. The molecule has 1 heterocycles. The minimum Gasteiger partial charge on any atom is -0.377 e. The van der Waals surface area contributed by atoms with Crippen LogP contribution in [0.15, 0.2) is 24.3 Å². The first kappa shape index (κ1) is 15.0. The van der Waals surface area contributed by atoms with Crippen molar-refractivity contribution < 1.29 is 4.74 Å². The van der Waals surface area contributed by atoms with E-state index in [0.29, 0.717) is 40.3 Å². The zero-order valence-electron chi connectivity index (χ0n) is 11.6. The Bertz CT molecular complexity index is 684. The van der Waals surface area contributed by atoms with E-state index in [-0.39, 0.29) is 0 Å². The third-order valence-electron chi connectivity index (χ3n) is 2.66. The Morgan fingerprint density at radius 1 is 1.29 bits per heavy atom. The summed E-state index contributed by atoms with van der Waals surface area (Å²) < 4.78 is 5.04. The Morgan fingerprint density at radius 3 is 2.67 bits per heavy atom. The van der Waals surface area contributed by atoms with Crippen LogP contribution < -0.4 is 10.6 Å². The van der Waals surface area contributed by atoms with Crippen LogP contribution in [0, 0.1) is 11.3 Å². The molecule has 0 aliphatic heterocycles. The lowest BCUT2D eigenvalue weighted by atomic mass is 10.2. The van der Waals surface area contributed by atoms with Crippen LogP contribution in [0.2, 0.25) is 5.02 Å². The number of aromatic nitrogens is 2. The molecule has 0 unspecified atom stereocenters. The lowest BCUT2D eigenvalue weighted by molar-refractivity contribution is 0.178. The summed E-state index contributed by atoms with van der Waals surface area (Å²) in [5.41, 5.74) is 1.17. The second-order valence-corrected chi connectivity index (χ2v) is 4.58. The van der Waals surface area contributed by atoms with Gasteiger partial charge in [-0.15, -0.1) is 0 Å². The van der Waals surface area contributed by atoms with Crippen LogP contribution in [0.1, 0.15) is 11.4 Å². The standard InChI is InChI=1S/C14H14ClN5O/c1-17-12-6-13(20-14(19-12)8-21-2)18-11-4-3-9(7-16)5-10(11)15/h3-6H,8H2,1-2H3,(H2,17,18,19,20). The Hall–Kier alpha value is -2.36. The van der Waals surface area contributed by atoms with E-state index in [4.69, 9.17) is 21.6 Å². The number of methoxy groups -OCH3 is 1. The van der Waals surface area contributed by atoms with Gasteiger partial charge in [0.2, 0.25) is 0 Å². The third-order valence-corrected chi connectivity index (χ3v) is 2.98. The monoisotopic (exact) mass is 303 g/mol. The van der Waals surface area contributed by atoms with Crippen LogP contribution in [0.25, 0.3) is 0 Å². The van der Waals surface area contributed by atoms with Crippen molar-refractivity contribution in [1.29, 1.82) is 5.26 Å². The number of nitriles is 1. The van der Waals surface area contributed by atoms with E-state index in [1.165, 1.54) is 0 Å². The van der Waals surface area contributed by atoms with Gasteiger partial charge in [0.25, 0.3) is 0 Å². The van der Waals surface area contributed by atoms with Crippen LogP contribution in [0.5, 0.6) is 0 Å². The molecule has 0 fully saturated rings. The molecule has 1 aromatic carbocycles. The zero-order valence-corrected chi connectivity index (χ0v) is 12.4. The van der Waals surface area contributed by atoms with Gasteiger partial charge in [0, 0.05) is 20.2 Å². The smallest absolute Gasteiger partial charge is 0.158 e. The summed E-state index contributed by atoms with van der Waals surface area (Å²) in [6, 6.07) is 8.81. The van der Waals surface area contributed by atoms with Gasteiger partial charge in [0.1, 0.15) is 18.2 Å².